The van der Waals surface area contributed by atoms with Gasteiger partial charge < -0.3 is 24.6 Å². The van der Waals surface area contributed by atoms with Gasteiger partial charge in [0.25, 0.3) is 0 Å². The second-order valence-electron chi connectivity index (χ2n) is 14.7. The van der Waals surface area contributed by atoms with E-state index in [0.717, 1.165) is 61.5 Å². The van der Waals surface area contributed by atoms with Crippen molar-refractivity contribution in [1.82, 2.24) is 4.98 Å². The van der Waals surface area contributed by atoms with E-state index < -0.39 is 11.5 Å². The lowest BCUT2D eigenvalue weighted by molar-refractivity contribution is -0.144. The Balaban J connectivity index is 1.15. The van der Waals surface area contributed by atoms with Crippen LogP contribution in [-0.2, 0) is 23.1 Å². The Morgan fingerprint density at radius 1 is 1.13 bits per heavy atom. The van der Waals surface area contributed by atoms with Gasteiger partial charge in [-0.25, -0.2) is 4.79 Å². The summed E-state index contributed by atoms with van der Waals surface area (Å²) < 4.78 is 19.1. The van der Waals surface area contributed by atoms with E-state index in [1.807, 2.05) is 24.4 Å². The number of benzene rings is 2. The van der Waals surface area contributed by atoms with Crippen LogP contribution in [-0.4, -0.2) is 40.9 Å². The number of fused-ring (bicyclic) bond motifs is 4. The highest BCUT2D eigenvalue weighted by Gasteiger charge is 2.54. The van der Waals surface area contributed by atoms with Crippen LogP contribution in [0.25, 0.3) is 0 Å². The summed E-state index contributed by atoms with van der Waals surface area (Å²) in [5.41, 5.74) is 4.62. The third kappa shape index (κ3) is 6.16. The number of carbonyl (C=O) groups is 1. The number of aryl methyl sites for hydroxylation is 1. The monoisotopic (exact) mass is 658 g/mol. The average Bonchev–Trinajstić information content (AvgIpc) is 3.18. The van der Waals surface area contributed by atoms with Gasteiger partial charge >= 0.3 is 5.97 Å². The van der Waals surface area contributed by atoms with E-state index in [2.05, 4.69) is 43.2 Å². The summed E-state index contributed by atoms with van der Waals surface area (Å²) in [5.74, 6) is 2.94. The zero-order chi connectivity index (χ0) is 32.8. The lowest BCUT2D eigenvalue weighted by Gasteiger charge is -2.47. The number of aliphatic carboxylic acids is 1. The fourth-order valence-electron chi connectivity index (χ4n) is 8.93. The Morgan fingerprint density at radius 3 is 2.74 bits per heavy atom. The zero-order valence-corrected chi connectivity index (χ0v) is 28.6. The number of nitrogens with zero attached hydrogens (tertiary/aromatic N) is 1. The van der Waals surface area contributed by atoms with Gasteiger partial charge in [0.15, 0.2) is 11.5 Å². The second-order valence-corrected chi connectivity index (χ2v) is 15.2. The van der Waals surface area contributed by atoms with Crippen LogP contribution in [0.2, 0.25) is 5.02 Å². The van der Waals surface area contributed by atoms with Crippen molar-refractivity contribution in [2.45, 2.75) is 108 Å². The molecule has 8 heteroatoms. The quantitative estimate of drug-likeness (QED) is 0.250. The molecule has 1 saturated carbocycles. The number of hydrogen-bond acceptors (Lipinski definition) is 6. The van der Waals surface area contributed by atoms with Gasteiger partial charge in [-0.1, -0.05) is 31.5 Å². The molecule has 0 saturated heterocycles. The fourth-order valence-corrected chi connectivity index (χ4v) is 9.12. The first-order chi connectivity index (χ1) is 22.7. The van der Waals surface area contributed by atoms with Crippen molar-refractivity contribution in [3.63, 3.8) is 0 Å². The van der Waals surface area contributed by atoms with Gasteiger partial charge in [0.2, 0.25) is 0 Å². The second kappa shape index (κ2) is 12.9. The van der Waals surface area contributed by atoms with Crippen molar-refractivity contribution in [2.24, 2.45) is 11.8 Å². The van der Waals surface area contributed by atoms with Crippen LogP contribution in [0.5, 0.6) is 17.2 Å². The highest BCUT2D eigenvalue weighted by Crippen LogP contribution is 2.58. The number of aromatic nitrogens is 1. The van der Waals surface area contributed by atoms with Gasteiger partial charge in [0.1, 0.15) is 11.3 Å². The SMILES string of the molecule is CC1CCOc2cc3c(cc2O1)CC(C[C@@H](C)COc1ccnc2c1[C@H](C)CCC2)C31CCC(Nc2cccc(Cl)c2)(C(=O)O)CC1. The molecule has 7 rings (SSSR count). The molecule has 1 aliphatic heterocycles. The largest absolute Gasteiger partial charge is 0.493 e. The summed E-state index contributed by atoms with van der Waals surface area (Å²) in [7, 11) is 0. The van der Waals surface area contributed by atoms with Crippen molar-refractivity contribution < 1.29 is 24.1 Å². The van der Waals surface area contributed by atoms with E-state index in [9.17, 15) is 9.90 Å². The number of carboxylic acid groups (broad SMARTS) is 1. The van der Waals surface area contributed by atoms with Crippen LogP contribution in [0.3, 0.4) is 0 Å². The molecule has 0 bridgehead atoms. The van der Waals surface area contributed by atoms with Gasteiger partial charge in [0.05, 0.1) is 19.3 Å². The molecule has 2 aromatic carbocycles. The van der Waals surface area contributed by atoms with Crippen molar-refractivity contribution in [2.75, 3.05) is 18.5 Å². The molecule has 0 amide bonds. The maximum absolute atomic E-state index is 12.9. The van der Waals surface area contributed by atoms with Crippen LogP contribution < -0.4 is 19.5 Å². The molecule has 2 unspecified atom stereocenters. The number of nitrogens with one attached hydrogen (secondary N) is 1. The number of rotatable bonds is 8. The molecule has 250 valence electrons. The number of carboxylic acids is 1. The van der Waals surface area contributed by atoms with Crippen molar-refractivity contribution >= 4 is 23.3 Å². The first-order valence-corrected chi connectivity index (χ1v) is 17.9. The highest BCUT2D eigenvalue weighted by atomic mass is 35.5. The molecule has 7 nitrogen and oxygen atoms in total. The van der Waals surface area contributed by atoms with Gasteiger partial charge in [-0.15, -0.1) is 0 Å². The summed E-state index contributed by atoms with van der Waals surface area (Å²) >= 11 is 6.27. The maximum Gasteiger partial charge on any atom is 0.329 e. The minimum atomic E-state index is -1.06. The first-order valence-electron chi connectivity index (χ1n) is 17.5. The van der Waals surface area contributed by atoms with Crippen molar-refractivity contribution in [3.05, 3.63) is 76.1 Å². The number of pyridine rings is 1. The van der Waals surface area contributed by atoms with E-state index in [0.29, 0.717) is 48.8 Å². The third-order valence-electron chi connectivity index (χ3n) is 11.5. The van der Waals surface area contributed by atoms with E-state index in [1.54, 1.807) is 12.1 Å². The average molecular weight is 659 g/mol. The van der Waals surface area contributed by atoms with Crippen LogP contribution >= 0.6 is 11.6 Å². The molecule has 2 heterocycles. The summed E-state index contributed by atoms with van der Waals surface area (Å²) in [6.45, 7) is 7.94. The van der Waals surface area contributed by atoms with Gasteiger partial charge in [-0.05, 0) is 135 Å². The minimum Gasteiger partial charge on any atom is -0.493 e. The standard InChI is InChI=1S/C39H47ClN2O5/c1-24(23-46-33-10-16-41-32-9-4-6-25(2)36(32)33)18-28-19-27-20-35-34(45-17-11-26(3)47-35)22-31(27)38(28)12-14-39(15-13-38,37(43)44)42-30-8-5-7-29(40)21-30/h5,7-8,10,16,20-22,24-26,28,42H,4,6,9,11-15,17-19,23H2,1-3H3,(H,43,44)/t24-,25-,26?,28?,38?,39?/m1/s1. The molecule has 47 heavy (non-hydrogen) atoms. The van der Waals surface area contributed by atoms with Crippen LogP contribution in [0.15, 0.2) is 48.7 Å². The normalized spacial score (nSPS) is 28.6. The molecule has 1 aromatic heterocycles. The zero-order valence-electron chi connectivity index (χ0n) is 27.8. The predicted octanol–water partition coefficient (Wildman–Crippen LogP) is 8.75. The molecule has 4 atom stereocenters. The maximum atomic E-state index is 12.9. The molecule has 3 aliphatic carbocycles. The van der Waals surface area contributed by atoms with Crippen molar-refractivity contribution in [3.8, 4) is 17.2 Å². The van der Waals surface area contributed by atoms with E-state index in [-0.39, 0.29) is 11.5 Å². The predicted molar refractivity (Wildman–Crippen MR) is 184 cm³/mol. The van der Waals surface area contributed by atoms with Gasteiger partial charge in [-0.2, -0.15) is 0 Å². The molecule has 0 radical (unpaired) electrons. The molecular formula is C39H47ClN2O5. The Morgan fingerprint density at radius 2 is 1.96 bits per heavy atom. The van der Waals surface area contributed by atoms with Crippen LogP contribution in [0.1, 0.15) is 100 Å². The number of ether oxygens (including phenoxy) is 3. The summed E-state index contributed by atoms with van der Waals surface area (Å²) in [6, 6.07) is 13.8. The third-order valence-corrected chi connectivity index (χ3v) is 11.7. The van der Waals surface area contributed by atoms with Gasteiger partial charge in [-0.3, -0.25) is 4.98 Å². The molecule has 3 aromatic rings. The Bertz CT molecular complexity index is 1630. The number of halogens is 1. The number of hydrogen-bond donors (Lipinski definition) is 2. The van der Waals surface area contributed by atoms with Crippen LogP contribution in [0, 0.1) is 11.8 Å². The summed E-state index contributed by atoms with van der Waals surface area (Å²) in [4.78, 5) is 17.6. The molecule has 1 fully saturated rings. The number of anilines is 1. The van der Waals surface area contributed by atoms with E-state index >= 15 is 0 Å². The summed E-state index contributed by atoms with van der Waals surface area (Å²) in [5, 5.41) is 14.6. The van der Waals surface area contributed by atoms with E-state index in [4.69, 9.17) is 25.8 Å². The molecular weight excluding hydrogens is 612 g/mol. The lowest BCUT2D eigenvalue weighted by atomic mass is 9.59. The van der Waals surface area contributed by atoms with Crippen LogP contribution in [0.4, 0.5) is 5.69 Å². The fraction of sp³-hybridized carbons (Fsp3) is 0.538. The molecule has 1 spiro atoms. The molecule has 2 N–H and O–H groups in total. The Hall–Kier alpha value is -3.45. The van der Waals surface area contributed by atoms with E-state index in [1.165, 1.54) is 35.2 Å². The smallest absolute Gasteiger partial charge is 0.329 e. The van der Waals surface area contributed by atoms with Crippen molar-refractivity contribution in [1.29, 1.82) is 0 Å². The lowest BCUT2D eigenvalue weighted by Crippen LogP contribution is -2.53. The first kappa shape index (κ1) is 32.1. The van der Waals surface area contributed by atoms with Gasteiger partial charge in [0, 0.05) is 34.6 Å². The minimum absolute atomic E-state index is 0.0997. The Labute approximate surface area is 283 Å². The molecule has 4 aliphatic rings. The highest BCUT2D eigenvalue weighted by molar-refractivity contribution is 6.30. The topological polar surface area (TPSA) is 89.9 Å². The summed E-state index contributed by atoms with van der Waals surface area (Å²) in [6.07, 6.45) is 10.7. The Kier molecular flexibility index (Phi) is 8.79.